The molecule has 0 aliphatic carbocycles. The highest BCUT2D eigenvalue weighted by Gasteiger charge is 2.15. The fourth-order valence-corrected chi connectivity index (χ4v) is 2.33. The van der Waals surface area contributed by atoms with Crippen LogP contribution < -0.4 is 10.1 Å². The third-order valence-electron chi connectivity index (χ3n) is 3.98. The van der Waals surface area contributed by atoms with Gasteiger partial charge in [-0.2, -0.15) is 0 Å². The number of amides is 1. The fourth-order valence-electron chi connectivity index (χ4n) is 2.33. The topological polar surface area (TPSA) is 67.3 Å². The van der Waals surface area contributed by atoms with Crippen LogP contribution in [0.15, 0.2) is 42.9 Å². The van der Waals surface area contributed by atoms with E-state index in [-0.39, 0.29) is 11.9 Å². The minimum Gasteiger partial charge on any atom is -0.497 e. The molecule has 6 heteroatoms. The Morgan fingerprint density at radius 2 is 2.04 bits per heavy atom. The molecule has 2 aromatic rings. The van der Waals surface area contributed by atoms with E-state index in [9.17, 15) is 4.79 Å². The van der Waals surface area contributed by atoms with Gasteiger partial charge in [-0.15, -0.1) is 0 Å². The second-order valence-corrected chi connectivity index (χ2v) is 5.67. The van der Waals surface area contributed by atoms with Gasteiger partial charge in [0, 0.05) is 18.8 Å². The van der Waals surface area contributed by atoms with Gasteiger partial charge in [-0.3, -0.25) is 9.69 Å². The largest absolute Gasteiger partial charge is 0.497 e. The van der Waals surface area contributed by atoms with Crippen molar-refractivity contribution in [3.05, 3.63) is 54.1 Å². The number of benzene rings is 1. The van der Waals surface area contributed by atoms with Crippen LogP contribution in [0.25, 0.3) is 0 Å². The Hall–Kier alpha value is -2.47. The lowest BCUT2D eigenvalue weighted by Gasteiger charge is -2.23. The van der Waals surface area contributed by atoms with Crippen LogP contribution in [0, 0.1) is 0 Å². The Balaban J connectivity index is 1.74. The van der Waals surface area contributed by atoms with Gasteiger partial charge in [0.1, 0.15) is 12.1 Å². The Morgan fingerprint density at radius 3 is 2.67 bits per heavy atom. The minimum atomic E-state index is 0.00641. The summed E-state index contributed by atoms with van der Waals surface area (Å²) in [4.78, 5) is 22.2. The van der Waals surface area contributed by atoms with Crippen LogP contribution >= 0.6 is 0 Å². The van der Waals surface area contributed by atoms with E-state index in [1.807, 2.05) is 49.2 Å². The SMILES string of the molecule is COc1ccc(CCNC(=O)CN(C)C(C)c2ccncn2)cc1. The van der Waals surface area contributed by atoms with E-state index in [2.05, 4.69) is 15.3 Å². The van der Waals surface area contributed by atoms with Crippen LogP contribution in [0.3, 0.4) is 0 Å². The quantitative estimate of drug-likeness (QED) is 0.801. The zero-order valence-corrected chi connectivity index (χ0v) is 14.4. The van der Waals surface area contributed by atoms with Gasteiger partial charge >= 0.3 is 0 Å². The number of aromatic nitrogens is 2. The maximum Gasteiger partial charge on any atom is 0.234 e. The molecule has 0 spiro atoms. The molecule has 24 heavy (non-hydrogen) atoms. The fraction of sp³-hybridized carbons (Fsp3) is 0.389. The number of methoxy groups -OCH3 is 1. The molecule has 0 aliphatic heterocycles. The molecule has 6 nitrogen and oxygen atoms in total. The molecule has 0 aliphatic rings. The summed E-state index contributed by atoms with van der Waals surface area (Å²) < 4.78 is 5.13. The van der Waals surface area contributed by atoms with E-state index in [1.165, 1.54) is 11.9 Å². The second kappa shape index (κ2) is 8.98. The van der Waals surface area contributed by atoms with Gasteiger partial charge in [-0.1, -0.05) is 12.1 Å². The highest BCUT2D eigenvalue weighted by atomic mass is 16.5. The molecular weight excluding hydrogens is 304 g/mol. The molecule has 128 valence electrons. The Morgan fingerprint density at radius 1 is 1.29 bits per heavy atom. The number of rotatable bonds is 8. The number of carbonyl (C=O) groups excluding carboxylic acids is 1. The van der Waals surface area contributed by atoms with E-state index in [0.717, 1.165) is 17.9 Å². The van der Waals surface area contributed by atoms with Crippen molar-refractivity contribution >= 4 is 5.91 Å². The van der Waals surface area contributed by atoms with E-state index in [1.54, 1.807) is 13.3 Å². The molecule has 1 N–H and O–H groups in total. The maximum atomic E-state index is 12.1. The molecular formula is C18H24N4O2. The lowest BCUT2D eigenvalue weighted by atomic mass is 10.1. The highest BCUT2D eigenvalue weighted by molar-refractivity contribution is 5.78. The first kappa shape index (κ1) is 17.9. The van der Waals surface area contributed by atoms with Gasteiger partial charge in [-0.05, 0) is 44.2 Å². The molecule has 1 aromatic carbocycles. The molecule has 2 rings (SSSR count). The van der Waals surface area contributed by atoms with E-state index in [0.29, 0.717) is 13.1 Å². The van der Waals surface area contributed by atoms with Gasteiger partial charge in [0.15, 0.2) is 0 Å². The van der Waals surface area contributed by atoms with Crippen LogP contribution in [-0.2, 0) is 11.2 Å². The molecule has 0 bridgehead atoms. The maximum absolute atomic E-state index is 12.1. The van der Waals surface area contributed by atoms with E-state index < -0.39 is 0 Å². The average molecular weight is 328 g/mol. The van der Waals surface area contributed by atoms with Crippen molar-refractivity contribution in [3.63, 3.8) is 0 Å². The molecule has 1 heterocycles. The first-order valence-electron chi connectivity index (χ1n) is 7.96. The molecule has 1 atom stereocenters. The van der Waals surface area contributed by atoms with Gasteiger partial charge in [0.25, 0.3) is 0 Å². The first-order valence-corrected chi connectivity index (χ1v) is 7.96. The predicted molar refractivity (Wildman–Crippen MR) is 92.8 cm³/mol. The number of hydrogen-bond donors (Lipinski definition) is 1. The summed E-state index contributed by atoms with van der Waals surface area (Å²) in [6.45, 7) is 2.96. The number of hydrogen-bond acceptors (Lipinski definition) is 5. The summed E-state index contributed by atoms with van der Waals surface area (Å²) in [5.74, 6) is 0.843. The molecule has 0 saturated carbocycles. The van der Waals surface area contributed by atoms with Crippen molar-refractivity contribution in [3.8, 4) is 5.75 Å². The van der Waals surface area contributed by atoms with E-state index >= 15 is 0 Å². The molecule has 0 fully saturated rings. The predicted octanol–water partition coefficient (Wildman–Crippen LogP) is 1.84. The number of nitrogens with zero attached hydrogens (tertiary/aromatic N) is 3. The molecule has 1 aromatic heterocycles. The zero-order valence-electron chi connectivity index (χ0n) is 14.4. The second-order valence-electron chi connectivity index (χ2n) is 5.67. The Kier molecular flexibility index (Phi) is 6.69. The summed E-state index contributed by atoms with van der Waals surface area (Å²) in [5, 5.41) is 2.95. The van der Waals surface area contributed by atoms with Crippen LogP contribution in [0.1, 0.15) is 24.2 Å². The van der Waals surface area contributed by atoms with Crippen molar-refractivity contribution < 1.29 is 9.53 Å². The summed E-state index contributed by atoms with van der Waals surface area (Å²) in [5.41, 5.74) is 2.07. The first-order chi connectivity index (χ1) is 11.6. The number of nitrogens with one attached hydrogen (secondary N) is 1. The smallest absolute Gasteiger partial charge is 0.234 e. The number of ether oxygens (including phenoxy) is 1. The van der Waals surface area contributed by atoms with Crippen molar-refractivity contribution in [2.24, 2.45) is 0 Å². The Labute approximate surface area is 142 Å². The van der Waals surface area contributed by atoms with Gasteiger partial charge in [0.2, 0.25) is 5.91 Å². The van der Waals surface area contributed by atoms with Crippen molar-refractivity contribution in [1.82, 2.24) is 20.2 Å². The summed E-state index contributed by atoms with van der Waals surface area (Å²) in [6, 6.07) is 9.79. The van der Waals surface area contributed by atoms with Gasteiger partial charge in [0.05, 0.1) is 19.3 Å². The van der Waals surface area contributed by atoms with Crippen molar-refractivity contribution in [1.29, 1.82) is 0 Å². The van der Waals surface area contributed by atoms with E-state index in [4.69, 9.17) is 4.74 Å². The lowest BCUT2D eigenvalue weighted by molar-refractivity contribution is -0.122. The lowest BCUT2D eigenvalue weighted by Crippen LogP contribution is -2.37. The molecule has 0 saturated heterocycles. The van der Waals surface area contributed by atoms with Gasteiger partial charge < -0.3 is 10.1 Å². The van der Waals surface area contributed by atoms with Crippen LogP contribution in [0.4, 0.5) is 0 Å². The summed E-state index contributed by atoms with van der Waals surface area (Å²) in [6.07, 6.45) is 4.02. The van der Waals surface area contributed by atoms with Crippen LogP contribution in [0.2, 0.25) is 0 Å². The van der Waals surface area contributed by atoms with Crippen LogP contribution in [-0.4, -0.2) is 48.0 Å². The highest BCUT2D eigenvalue weighted by Crippen LogP contribution is 2.14. The standard InChI is InChI=1S/C18H24N4O2/c1-14(17-9-10-19-13-21-17)22(2)12-18(23)20-11-8-15-4-6-16(24-3)7-5-15/h4-7,9-10,13-14H,8,11-12H2,1-3H3,(H,20,23). The molecule has 0 radical (unpaired) electrons. The molecule has 1 unspecified atom stereocenters. The van der Waals surface area contributed by atoms with Gasteiger partial charge in [-0.25, -0.2) is 9.97 Å². The third kappa shape index (κ3) is 5.31. The monoisotopic (exact) mass is 328 g/mol. The summed E-state index contributed by atoms with van der Waals surface area (Å²) >= 11 is 0. The zero-order chi connectivity index (χ0) is 17.4. The third-order valence-corrected chi connectivity index (χ3v) is 3.98. The van der Waals surface area contributed by atoms with Crippen molar-refractivity contribution in [2.45, 2.75) is 19.4 Å². The minimum absolute atomic E-state index is 0.00641. The normalized spacial score (nSPS) is 12.0. The number of likely N-dealkylation sites (N-methyl/N-ethyl adjacent to an activating group) is 1. The summed E-state index contributed by atoms with van der Waals surface area (Å²) in [7, 11) is 3.56. The van der Waals surface area contributed by atoms with Crippen molar-refractivity contribution in [2.75, 3.05) is 27.2 Å². The molecule has 1 amide bonds. The number of carbonyl (C=O) groups is 1. The Bertz CT molecular complexity index is 631. The average Bonchev–Trinajstić information content (AvgIpc) is 2.62. The van der Waals surface area contributed by atoms with Crippen LogP contribution in [0.5, 0.6) is 5.75 Å².